The van der Waals surface area contributed by atoms with Gasteiger partial charge in [-0.2, -0.15) is 0 Å². The number of unbranched alkanes of at least 4 members (excludes halogenated alkanes) is 28. The largest absolute Gasteiger partial charge is 0.492 e. The highest BCUT2D eigenvalue weighted by atomic mass is 31.2. The summed E-state index contributed by atoms with van der Waals surface area (Å²) in [4.78, 5) is 22.2. The van der Waals surface area contributed by atoms with Crippen molar-refractivity contribution in [3.8, 4) is 0 Å². The summed E-state index contributed by atoms with van der Waals surface area (Å²) in [6, 6.07) is 0. The number of phosphoric acid groups is 1. The Labute approximate surface area is 309 Å². The molecule has 0 fully saturated rings. The molecule has 0 radical (unpaired) electrons. The fraction of sp³-hybridized carbons (Fsp3) is 0.927. The number of esters is 1. The zero-order chi connectivity index (χ0) is 36.6. The van der Waals surface area contributed by atoms with Crippen LogP contribution < -0.4 is 5.73 Å². The molecule has 2 atom stereocenters. The van der Waals surface area contributed by atoms with Crippen molar-refractivity contribution in [1.29, 1.82) is 0 Å². The second kappa shape index (κ2) is 39.3. The Balaban J connectivity index is 4.05. The van der Waals surface area contributed by atoms with Gasteiger partial charge in [0.25, 0.3) is 0 Å². The monoisotopic (exact) mass is 732 g/mol. The van der Waals surface area contributed by atoms with Gasteiger partial charge >= 0.3 is 13.8 Å². The van der Waals surface area contributed by atoms with Crippen LogP contribution in [0.3, 0.4) is 0 Å². The van der Waals surface area contributed by atoms with E-state index in [0.29, 0.717) is 6.42 Å². The third kappa shape index (κ3) is 38.3. The summed E-state index contributed by atoms with van der Waals surface area (Å²) in [6.07, 6.45) is 41.8. The Hall–Kier alpha value is -0.920. The number of hydrogen-bond acceptors (Lipinski definition) is 7. The highest BCUT2D eigenvalue weighted by Crippen LogP contribution is 2.43. The number of rotatable bonds is 41. The quantitative estimate of drug-likeness (QED) is 0.0276. The van der Waals surface area contributed by atoms with Gasteiger partial charge in [0, 0.05) is 13.0 Å². The van der Waals surface area contributed by atoms with Crippen LogP contribution in [-0.4, -0.2) is 43.3 Å². The topological polar surface area (TPSA) is 117 Å². The lowest BCUT2D eigenvalue weighted by Gasteiger charge is -2.19. The van der Waals surface area contributed by atoms with Crippen LogP contribution in [0.5, 0.6) is 0 Å². The average Bonchev–Trinajstić information content (AvgIpc) is 3.11. The van der Waals surface area contributed by atoms with E-state index in [2.05, 4.69) is 13.8 Å². The molecule has 1 unspecified atom stereocenters. The lowest BCUT2D eigenvalue weighted by Crippen LogP contribution is -2.25. The minimum atomic E-state index is -4.26. The van der Waals surface area contributed by atoms with E-state index in [1.54, 1.807) is 6.26 Å². The maximum absolute atomic E-state index is 12.4. The molecule has 0 aromatic carbocycles. The number of hydrogen-bond donors (Lipinski definition) is 2. The van der Waals surface area contributed by atoms with E-state index in [9.17, 15) is 14.3 Å². The summed E-state index contributed by atoms with van der Waals surface area (Å²) in [5.41, 5.74) is 5.36. The Morgan fingerprint density at radius 2 is 1.00 bits per heavy atom. The molecule has 0 bridgehead atoms. The van der Waals surface area contributed by atoms with Gasteiger partial charge in [-0.05, 0) is 25.3 Å². The Morgan fingerprint density at radius 1 is 0.600 bits per heavy atom. The SMILES string of the molecule is CCCCCCCCCCCCCCCCC=CO[C@H](COC(=O)CCCCCCCCCCCCCCCCC)COP(=O)(O)OCCN. The van der Waals surface area contributed by atoms with Crippen molar-refractivity contribution in [3.05, 3.63) is 12.3 Å². The predicted molar refractivity (Wildman–Crippen MR) is 210 cm³/mol. The summed E-state index contributed by atoms with van der Waals surface area (Å²) in [5.74, 6) is -0.286. The molecule has 0 aromatic rings. The predicted octanol–water partition coefficient (Wildman–Crippen LogP) is 12.7. The smallest absolute Gasteiger partial charge is 0.472 e. The minimum absolute atomic E-state index is 0.0579. The highest BCUT2D eigenvalue weighted by Gasteiger charge is 2.24. The third-order valence-electron chi connectivity index (χ3n) is 9.30. The molecule has 0 aliphatic carbocycles. The first-order valence-corrected chi connectivity index (χ1v) is 22.7. The lowest BCUT2D eigenvalue weighted by atomic mass is 10.0. The van der Waals surface area contributed by atoms with E-state index in [0.717, 1.165) is 32.1 Å². The average molecular weight is 732 g/mol. The first-order chi connectivity index (χ1) is 24.4. The summed E-state index contributed by atoms with van der Waals surface area (Å²) >= 11 is 0. The molecule has 0 spiro atoms. The van der Waals surface area contributed by atoms with Crippen LogP contribution in [0.1, 0.15) is 213 Å². The standard InChI is InChI=1S/C41H82NO7P/c1-3-5-7-9-11-13-15-17-19-21-23-25-27-29-31-33-36-46-40(39-49-50(44,45)48-37-35-42)38-47-41(43)34-32-30-28-26-24-22-20-18-16-14-12-10-8-6-4-2/h33,36,40H,3-32,34-35,37-39,42H2,1-2H3,(H,44,45)/t40-/m1/s1. The van der Waals surface area contributed by atoms with Gasteiger partial charge in [0.05, 0.1) is 19.5 Å². The van der Waals surface area contributed by atoms with Crippen LogP contribution in [-0.2, 0) is 27.9 Å². The van der Waals surface area contributed by atoms with Crippen molar-refractivity contribution in [2.75, 3.05) is 26.4 Å². The molecule has 50 heavy (non-hydrogen) atoms. The van der Waals surface area contributed by atoms with Gasteiger partial charge in [-0.25, -0.2) is 4.57 Å². The molecule has 0 amide bonds. The van der Waals surface area contributed by atoms with Crippen molar-refractivity contribution in [2.24, 2.45) is 5.73 Å². The summed E-state index contributed by atoms with van der Waals surface area (Å²) < 4.78 is 33.2. The molecule has 0 aliphatic rings. The van der Waals surface area contributed by atoms with Crippen LogP contribution in [0.4, 0.5) is 0 Å². The first-order valence-electron chi connectivity index (χ1n) is 21.2. The molecular formula is C41H82NO7P. The van der Waals surface area contributed by atoms with Crippen molar-refractivity contribution in [3.63, 3.8) is 0 Å². The van der Waals surface area contributed by atoms with Gasteiger partial charge in [-0.1, -0.05) is 187 Å². The molecule has 3 N–H and O–H groups in total. The van der Waals surface area contributed by atoms with Crippen LogP contribution in [0.15, 0.2) is 12.3 Å². The molecule has 8 nitrogen and oxygen atoms in total. The van der Waals surface area contributed by atoms with Gasteiger partial charge in [0.1, 0.15) is 6.61 Å². The van der Waals surface area contributed by atoms with E-state index in [4.69, 9.17) is 24.3 Å². The number of nitrogens with two attached hydrogens (primary N) is 1. The fourth-order valence-corrected chi connectivity index (χ4v) is 6.86. The lowest BCUT2D eigenvalue weighted by molar-refractivity contribution is -0.147. The molecule has 0 aliphatic heterocycles. The maximum Gasteiger partial charge on any atom is 0.472 e. The minimum Gasteiger partial charge on any atom is -0.492 e. The number of carbonyl (C=O) groups is 1. The molecule has 298 valence electrons. The first kappa shape index (κ1) is 49.1. The Morgan fingerprint density at radius 3 is 1.42 bits per heavy atom. The number of phosphoric ester groups is 1. The van der Waals surface area contributed by atoms with Gasteiger partial charge in [-0.15, -0.1) is 0 Å². The normalized spacial score (nSPS) is 13.5. The summed E-state index contributed by atoms with van der Waals surface area (Å²) in [5, 5.41) is 0. The van der Waals surface area contributed by atoms with E-state index in [-0.39, 0.29) is 32.3 Å². The second-order valence-corrected chi connectivity index (χ2v) is 15.7. The molecule has 0 saturated carbocycles. The fourth-order valence-electron chi connectivity index (χ4n) is 6.10. The van der Waals surface area contributed by atoms with Crippen LogP contribution in [0.25, 0.3) is 0 Å². The van der Waals surface area contributed by atoms with E-state index in [1.165, 1.54) is 161 Å². The highest BCUT2D eigenvalue weighted by molar-refractivity contribution is 7.47. The zero-order valence-electron chi connectivity index (χ0n) is 32.9. The maximum atomic E-state index is 12.4. The second-order valence-electron chi connectivity index (χ2n) is 14.3. The van der Waals surface area contributed by atoms with Crippen LogP contribution >= 0.6 is 7.82 Å². The number of carbonyl (C=O) groups excluding carboxylic acids is 1. The molecule has 0 saturated heterocycles. The van der Waals surface area contributed by atoms with Crippen molar-refractivity contribution < 1.29 is 32.8 Å². The van der Waals surface area contributed by atoms with Crippen molar-refractivity contribution >= 4 is 13.8 Å². The number of ether oxygens (including phenoxy) is 2. The molecular weight excluding hydrogens is 649 g/mol. The van der Waals surface area contributed by atoms with Crippen molar-refractivity contribution in [1.82, 2.24) is 0 Å². The number of allylic oxidation sites excluding steroid dienone is 1. The molecule has 0 aromatic heterocycles. The van der Waals surface area contributed by atoms with Crippen molar-refractivity contribution in [2.45, 2.75) is 219 Å². The molecule has 0 heterocycles. The van der Waals surface area contributed by atoms with E-state index < -0.39 is 13.9 Å². The Kier molecular flexibility index (Phi) is 38.6. The van der Waals surface area contributed by atoms with Crippen LogP contribution in [0, 0.1) is 0 Å². The summed E-state index contributed by atoms with van der Waals surface area (Å²) in [6.45, 7) is 4.25. The van der Waals surface area contributed by atoms with Gasteiger partial charge < -0.3 is 20.1 Å². The van der Waals surface area contributed by atoms with Gasteiger partial charge in [-0.3, -0.25) is 13.8 Å². The van der Waals surface area contributed by atoms with E-state index in [1.807, 2.05) is 6.08 Å². The van der Waals surface area contributed by atoms with Gasteiger partial charge in [0.2, 0.25) is 0 Å². The zero-order valence-corrected chi connectivity index (χ0v) is 33.8. The van der Waals surface area contributed by atoms with Crippen LogP contribution in [0.2, 0.25) is 0 Å². The summed E-state index contributed by atoms with van der Waals surface area (Å²) in [7, 11) is -4.26. The Bertz CT molecular complexity index is 782. The third-order valence-corrected chi connectivity index (χ3v) is 10.3. The van der Waals surface area contributed by atoms with E-state index >= 15 is 0 Å². The van der Waals surface area contributed by atoms with Gasteiger partial charge in [0.15, 0.2) is 6.10 Å². The molecule has 9 heteroatoms. The molecule has 0 rings (SSSR count).